The number of carbonyl (C=O) groups excluding carboxylic acids is 1. The van der Waals surface area contributed by atoms with Gasteiger partial charge in [-0.3, -0.25) is 9.78 Å². The molecule has 1 saturated heterocycles. The van der Waals surface area contributed by atoms with E-state index in [1.165, 1.54) is 29.2 Å². The largest absolute Gasteiger partial charge is 0.573 e. The number of carbonyl (C=O) groups is 1. The van der Waals surface area contributed by atoms with Gasteiger partial charge in [-0.05, 0) is 34.1 Å². The lowest BCUT2D eigenvalue weighted by Crippen LogP contribution is -2.64. The number of fused-ring (bicyclic) bond motifs is 4. The molecule has 1 amide bonds. The average Bonchev–Trinajstić information content (AvgIpc) is 2.89. The summed E-state index contributed by atoms with van der Waals surface area (Å²) in [6.07, 6.45) is -3.23. The van der Waals surface area contributed by atoms with E-state index in [0.29, 0.717) is 22.3 Å². The van der Waals surface area contributed by atoms with Gasteiger partial charge >= 0.3 is 6.36 Å². The maximum absolute atomic E-state index is 14.0. The lowest BCUT2D eigenvalue weighted by molar-refractivity contribution is -0.274. The van der Waals surface area contributed by atoms with E-state index >= 15 is 0 Å². The number of ether oxygens (including phenoxy) is 1. The fraction of sp³-hybridized carbons (Fsp3) is 0.238. The third kappa shape index (κ3) is 3.03. The second-order valence-electron chi connectivity index (χ2n) is 7.65. The first-order valence-electron chi connectivity index (χ1n) is 9.26. The van der Waals surface area contributed by atoms with E-state index in [9.17, 15) is 22.4 Å². The Morgan fingerprint density at radius 1 is 1.19 bits per heavy atom. The molecule has 0 bridgehead atoms. The van der Waals surface area contributed by atoms with Crippen molar-refractivity contribution in [1.82, 2.24) is 4.98 Å². The zero-order chi connectivity index (χ0) is 22.1. The molecule has 1 aromatic heterocycles. The zero-order valence-electron chi connectivity index (χ0n) is 16.0. The van der Waals surface area contributed by atoms with Crippen LogP contribution in [-0.4, -0.2) is 37.4 Å². The van der Waals surface area contributed by atoms with Gasteiger partial charge in [0.15, 0.2) is 0 Å². The molecular formula is C21H14BrF4N3O2. The maximum Gasteiger partial charge on any atom is 0.573 e. The van der Waals surface area contributed by atoms with E-state index in [-0.39, 0.29) is 29.2 Å². The number of hydrogen-bond donors (Lipinski definition) is 0. The molecule has 160 valence electrons. The summed E-state index contributed by atoms with van der Waals surface area (Å²) in [5, 5.41) is 0.664. The van der Waals surface area contributed by atoms with Gasteiger partial charge in [0.05, 0.1) is 21.9 Å². The molecule has 0 saturated carbocycles. The van der Waals surface area contributed by atoms with Crippen molar-refractivity contribution in [2.24, 2.45) is 0 Å². The van der Waals surface area contributed by atoms with Crippen LogP contribution < -0.4 is 14.5 Å². The molecule has 31 heavy (non-hydrogen) atoms. The van der Waals surface area contributed by atoms with Crippen LogP contribution in [0.15, 0.2) is 47.1 Å². The quantitative estimate of drug-likeness (QED) is 0.480. The molecule has 3 aromatic rings. The van der Waals surface area contributed by atoms with Crippen molar-refractivity contribution in [3.63, 3.8) is 0 Å². The summed E-state index contributed by atoms with van der Waals surface area (Å²) >= 11 is 3.20. The highest BCUT2D eigenvalue weighted by molar-refractivity contribution is 9.10. The summed E-state index contributed by atoms with van der Waals surface area (Å²) < 4.78 is 56.0. The van der Waals surface area contributed by atoms with Crippen molar-refractivity contribution in [3.05, 3.63) is 58.4 Å². The van der Waals surface area contributed by atoms with Crippen molar-refractivity contribution < 1.29 is 27.1 Å². The molecule has 2 aromatic carbocycles. The minimum absolute atomic E-state index is 0.129. The molecule has 0 atom stereocenters. The Bertz CT molecular complexity index is 1240. The number of likely N-dealkylation sites (N-methyl/N-ethyl adjacent to an activating group) is 1. The molecule has 0 unspecified atom stereocenters. The molecule has 1 spiro atoms. The molecule has 0 aliphatic carbocycles. The number of nitrogens with zero attached hydrogens (tertiary/aromatic N) is 3. The minimum atomic E-state index is -4.79. The predicted octanol–water partition coefficient (Wildman–Crippen LogP) is 4.77. The third-order valence-electron chi connectivity index (χ3n) is 5.78. The molecule has 1 fully saturated rings. The normalized spacial score (nSPS) is 17.3. The number of halogens is 5. The number of amides is 1. The SMILES string of the molecule is CN1C(=O)C2(CN(c3cccc(OC(F)(F)F)c3)C2)c2c1cnc1cc(F)c(Br)cc21. The van der Waals surface area contributed by atoms with Gasteiger partial charge in [-0.25, -0.2) is 4.39 Å². The van der Waals surface area contributed by atoms with Crippen LogP contribution in [0.2, 0.25) is 0 Å². The molecule has 5 nitrogen and oxygen atoms in total. The Morgan fingerprint density at radius 3 is 2.65 bits per heavy atom. The Morgan fingerprint density at radius 2 is 1.94 bits per heavy atom. The van der Waals surface area contributed by atoms with Gasteiger partial charge in [0, 0.05) is 48.9 Å². The number of pyridine rings is 1. The lowest BCUT2D eigenvalue weighted by Gasteiger charge is -2.48. The molecule has 0 radical (unpaired) electrons. The van der Waals surface area contributed by atoms with Crippen molar-refractivity contribution in [1.29, 1.82) is 0 Å². The average molecular weight is 496 g/mol. The Hall–Kier alpha value is -2.88. The number of alkyl halides is 3. The minimum Gasteiger partial charge on any atom is -0.406 e. The first-order valence-corrected chi connectivity index (χ1v) is 10.1. The first-order chi connectivity index (χ1) is 14.6. The fourth-order valence-electron chi connectivity index (χ4n) is 4.43. The molecular weight excluding hydrogens is 482 g/mol. The van der Waals surface area contributed by atoms with Gasteiger partial charge in [-0.2, -0.15) is 0 Å². The monoisotopic (exact) mass is 495 g/mol. The summed E-state index contributed by atoms with van der Waals surface area (Å²) in [5.74, 6) is -0.908. The van der Waals surface area contributed by atoms with Gasteiger partial charge in [-0.1, -0.05) is 6.07 Å². The van der Waals surface area contributed by atoms with E-state index in [0.717, 1.165) is 5.56 Å². The highest BCUT2D eigenvalue weighted by Gasteiger charge is 2.58. The van der Waals surface area contributed by atoms with Crippen molar-refractivity contribution in [2.45, 2.75) is 11.8 Å². The summed E-state index contributed by atoms with van der Waals surface area (Å²) in [6, 6.07) is 8.58. The van der Waals surface area contributed by atoms with Crippen LogP contribution in [0.5, 0.6) is 5.75 Å². The second-order valence-corrected chi connectivity index (χ2v) is 8.50. The Kier molecular flexibility index (Phi) is 4.24. The van der Waals surface area contributed by atoms with Crippen LogP contribution in [0.1, 0.15) is 5.56 Å². The van der Waals surface area contributed by atoms with Gasteiger partial charge in [0.25, 0.3) is 0 Å². The molecule has 2 aliphatic rings. The predicted molar refractivity (Wildman–Crippen MR) is 110 cm³/mol. The van der Waals surface area contributed by atoms with Crippen LogP contribution in [-0.2, 0) is 10.2 Å². The standard InChI is InChI=1S/C21H14BrF4N3O2/c1-28-17-8-27-16-7-15(23)14(22)6-13(16)18(17)20(19(28)30)9-29(10-20)11-3-2-4-12(5-11)31-21(24,25)26/h2-8H,9-10H2,1H3. The van der Waals surface area contributed by atoms with Gasteiger partial charge in [0.1, 0.15) is 17.0 Å². The summed E-state index contributed by atoms with van der Waals surface area (Å²) in [6.45, 7) is 0.541. The van der Waals surface area contributed by atoms with E-state index in [2.05, 4.69) is 25.7 Å². The van der Waals surface area contributed by atoms with Crippen molar-refractivity contribution >= 4 is 44.1 Å². The zero-order valence-corrected chi connectivity index (χ0v) is 17.6. The number of aromatic nitrogens is 1. The lowest BCUT2D eigenvalue weighted by atomic mass is 9.73. The molecule has 0 N–H and O–H groups in total. The maximum atomic E-state index is 14.0. The van der Waals surface area contributed by atoms with Crippen molar-refractivity contribution in [2.75, 3.05) is 29.9 Å². The van der Waals surface area contributed by atoms with Gasteiger partial charge in [0.2, 0.25) is 5.91 Å². The Labute approximate surface area is 182 Å². The van der Waals surface area contributed by atoms with Crippen molar-refractivity contribution in [3.8, 4) is 5.75 Å². The molecule has 3 heterocycles. The molecule has 10 heteroatoms. The highest BCUT2D eigenvalue weighted by Crippen LogP contribution is 2.51. The number of anilines is 2. The van der Waals surface area contributed by atoms with Gasteiger partial charge < -0.3 is 14.5 Å². The topological polar surface area (TPSA) is 45.7 Å². The number of rotatable bonds is 2. The van der Waals surface area contributed by atoms with E-state index < -0.39 is 17.6 Å². The summed E-state index contributed by atoms with van der Waals surface area (Å²) in [7, 11) is 1.66. The van der Waals surface area contributed by atoms with Gasteiger partial charge in [-0.15, -0.1) is 13.2 Å². The van der Waals surface area contributed by atoms with E-state index in [1.807, 2.05) is 4.90 Å². The smallest absolute Gasteiger partial charge is 0.406 e. The van der Waals surface area contributed by atoms with Crippen LogP contribution in [0.25, 0.3) is 10.9 Å². The summed E-state index contributed by atoms with van der Waals surface area (Å²) in [5.41, 5.74) is 1.46. The van der Waals surface area contributed by atoms with Crippen LogP contribution in [0, 0.1) is 5.82 Å². The first kappa shape index (κ1) is 20.0. The third-order valence-corrected chi connectivity index (χ3v) is 6.39. The fourth-order valence-corrected chi connectivity index (χ4v) is 4.77. The number of hydrogen-bond acceptors (Lipinski definition) is 4. The summed E-state index contributed by atoms with van der Waals surface area (Å²) in [4.78, 5) is 20.8. The highest BCUT2D eigenvalue weighted by atomic mass is 79.9. The van der Waals surface area contributed by atoms with Crippen LogP contribution in [0.3, 0.4) is 0 Å². The number of benzene rings is 2. The Balaban J connectivity index is 1.54. The van der Waals surface area contributed by atoms with E-state index in [4.69, 9.17) is 0 Å². The van der Waals surface area contributed by atoms with E-state index in [1.54, 1.807) is 25.4 Å². The molecule has 5 rings (SSSR count). The van der Waals surface area contributed by atoms with Crippen LogP contribution in [0.4, 0.5) is 28.9 Å². The molecule has 2 aliphatic heterocycles. The second kappa shape index (κ2) is 6.56. The van der Waals surface area contributed by atoms with Crippen LogP contribution >= 0.6 is 15.9 Å².